The van der Waals surface area contributed by atoms with Gasteiger partial charge in [0.2, 0.25) is 0 Å². The van der Waals surface area contributed by atoms with E-state index in [1.807, 2.05) is 6.92 Å². The lowest BCUT2D eigenvalue weighted by atomic mass is 9.40. The zero-order valence-electron chi connectivity index (χ0n) is 23.2. The number of carbonyl (C=O) groups is 1. The first kappa shape index (κ1) is 28.9. The number of hydrogen-bond acceptors (Lipinski definition) is 11. The van der Waals surface area contributed by atoms with E-state index >= 15 is 0 Å². The van der Waals surface area contributed by atoms with Gasteiger partial charge in [-0.05, 0) is 69.3 Å². The fourth-order valence-electron chi connectivity index (χ4n) is 10.0. The highest BCUT2D eigenvalue weighted by Crippen LogP contribution is 2.70. The Balaban J connectivity index is 1.25. The van der Waals surface area contributed by atoms with Crippen LogP contribution in [0.1, 0.15) is 65.2 Å². The average molecular weight is 569 g/mol. The Hall–Kier alpha value is -1.15. The zero-order valence-corrected chi connectivity index (χ0v) is 23.2. The van der Waals surface area contributed by atoms with Gasteiger partial charge in [0.1, 0.15) is 24.9 Å². The number of esters is 1. The topological polar surface area (TPSA) is 186 Å². The molecule has 0 aromatic carbocycles. The molecule has 2 aliphatic heterocycles. The lowest BCUT2D eigenvalue weighted by molar-refractivity contribution is -0.327. The minimum absolute atomic E-state index is 0.104. The van der Waals surface area contributed by atoms with Crippen LogP contribution >= 0.6 is 0 Å². The quantitative estimate of drug-likeness (QED) is 0.171. The smallest absolute Gasteiger partial charge is 0.331 e. The summed E-state index contributed by atoms with van der Waals surface area (Å²) in [6.07, 6.45) is -2.94. The molecular formula is C29H44O11. The molecule has 14 atom stereocenters. The third-order valence-corrected chi connectivity index (χ3v) is 12.1. The number of carbonyl (C=O) groups excluding carboxylic acids is 1. The summed E-state index contributed by atoms with van der Waals surface area (Å²) in [5.74, 6) is -1.38. The molecule has 0 aromatic rings. The van der Waals surface area contributed by atoms with Crippen molar-refractivity contribution in [2.75, 3.05) is 13.2 Å². The van der Waals surface area contributed by atoms with Crippen molar-refractivity contribution in [3.8, 4) is 0 Å². The number of cyclic esters (lactones) is 1. The highest BCUT2D eigenvalue weighted by Gasteiger charge is 2.73. The number of aliphatic hydroxyl groups excluding tert-OH is 5. The van der Waals surface area contributed by atoms with Crippen molar-refractivity contribution in [2.45, 2.75) is 119 Å². The van der Waals surface area contributed by atoms with Crippen molar-refractivity contribution < 1.29 is 54.8 Å². The van der Waals surface area contributed by atoms with Crippen LogP contribution < -0.4 is 0 Å². The van der Waals surface area contributed by atoms with Crippen LogP contribution in [0.15, 0.2) is 11.6 Å². The van der Waals surface area contributed by atoms with Gasteiger partial charge < -0.3 is 50.0 Å². The normalized spacial score (nSPS) is 56.1. The Labute approximate surface area is 233 Å². The average Bonchev–Trinajstić information content (AvgIpc) is 3.45. The summed E-state index contributed by atoms with van der Waals surface area (Å²) in [7, 11) is 0. The van der Waals surface area contributed by atoms with Crippen LogP contribution in [0, 0.1) is 28.6 Å². The van der Waals surface area contributed by atoms with Gasteiger partial charge in [0.15, 0.2) is 6.29 Å². The molecule has 6 rings (SSSR count). The predicted octanol–water partition coefficient (Wildman–Crippen LogP) is -0.486. The molecule has 0 bridgehead atoms. The van der Waals surface area contributed by atoms with E-state index in [1.165, 1.54) is 6.08 Å². The molecule has 40 heavy (non-hydrogen) atoms. The second-order valence-corrected chi connectivity index (χ2v) is 13.7. The second kappa shape index (κ2) is 9.68. The van der Waals surface area contributed by atoms with Crippen LogP contribution in [-0.2, 0) is 19.0 Å². The molecule has 0 amide bonds. The maximum absolute atomic E-state index is 12.4. The molecule has 0 spiro atoms. The van der Waals surface area contributed by atoms with Crippen LogP contribution in [0.3, 0.4) is 0 Å². The van der Waals surface area contributed by atoms with E-state index in [0.29, 0.717) is 38.5 Å². The van der Waals surface area contributed by atoms with Crippen molar-refractivity contribution >= 4 is 5.97 Å². The number of aliphatic hydroxyl groups is 7. The molecule has 0 aromatic heterocycles. The maximum Gasteiger partial charge on any atom is 0.331 e. The highest BCUT2D eigenvalue weighted by molar-refractivity contribution is 5.85. The molecule has 11 nitrogen and oxygen atoms in total. The van der Waals surface area contributed by atoms with Crippen molar-refractivity contribution in [1.82, 2.24) is 0 Å². The van der Waals surface area contributed by atoms with E-state index in [9.17, 15) is 40.5 Å². The fourth-order valence-corrected chi connectivity index (χ4v) is 10.0. The monoisotopic (exact) mass is 568 g/mol. The zero-order chi connectivity index (χ0) is 28.8. The van der Waals surface area contributed by atoms with Gasteiger partial charge in [-0.2, -0.15) is 0 Å². The lowest BCUT2D eigenvalue weighted by Gasteiger charge is -2.67. The summed E-state index contributed by atoms with van der Waals surface area (Å²) in [5, 5.41) is 77.8. The summed E-state index contributed by atoms with van der Waals surface area (Å²) in [6, 6.07) is 0. The molecule has 5 fully saturated rings. The Kier molecular flexibility index (Phi) is 7.01. The van der Waals surface area contributed by atoms with E-state index in [2.05, 4.69) is 0 Å². The Morgan fingerprint density at radius 1 is 1.00 bits per heavy atom. The van der Waals surface area contributed by atoms with Gasteiger partial charge in [0, 0.05) is 29.2 Å². The summed E-state index contributed by atoms with van der Waals surface area (Å²) < 4.78 is 16.8. The minimum atomic E-state index is -1.46. The Morgan fingerprint density at radius 2 is 1.75 bits per heavy atom. The third-order valence-electron chi connectivity index (χ3n) is 12.1. The van der Waals surface area contributed by atoms with E-state index in [0.717, 1.165) is 5.57 Å². The second-order valence-electron chi connectivity index (χ2n) is 13.7. The number of ether oxygens (including phenoxy) is 3. The maximum atomic E-state index is 12.4. The number of rotatable bonds is 4. The summed E-state index contributed by atoms with van der Waals surface area (Å²) in [4.78, 5) is 11.8. The molecule has 11 heteroatoms. The van der Waals surface area contributed by atoms with Crippen LogP contribution in [0.4, 0.5) is 0 Å². The van der Waals surface area contributed by atoms with E-state index in [-0.39, 0.29) is 43.9 Å². The van der Waals surface area contributed by atoms with Crippen LogP contribution in [-0.4, -0.2) is 109 Å². The first-order valence-electron chi connectivity index (χ1n) is 14.8. The van der Waals surface area contributed by atoms with Crippen LogP contribution in [0.5, 0.6) is 0 Å². The molecule has 4 saturated carbocycles. The van der Waals surface area contributed by atoms with E-state index < -0.39 is 70.9 Å². The van der Waals surface area contributed by atoms with Gasteiger partial charge in [-0.15, -0.1) is 0 Å². The first-order chi connectivity index (χ1) is 18.8. The summed E-state index contributed by atoms with van der Waals surface area (Å²) in [6.45, 7) is 3.41. The molecule has 1 saturated heterocycles. The largest absolute Gasteiger partial charge is 0.458 e. The molecule has 0 unspecified atom stereocenters. The van der Waals surface area contributed by atoms with Gasteiger partial charge in [-0.25, -0.2) is 4.79 Å². The van der Waals surface area contributed by atoms with Crippen LogP contribution in [0.2, 0.25) is 0 Å². The van der Waals surface area contributed by atoms with Gasteiger partial charge in [0.05, 0.1) is 36.1 Å². The van der Waals surface area contributed by atoms with E-state index in [1.54, 1.807) is 6.92 Å². The summed E-state index contributed by atoms with van der Waals surface area (Å²) >= 11 is 0. The molecule has 6 aliphatic rings. The Bertz CT molecular complexity index is 1050. The number of hydrogen-bond donors (Lipinski definition) is 7. The fraction of sp³-hybridized carbons (Fsp3) is 0.897. The van der Waals surface area contributed by atoms with Crippen molar-refractivity contribution in [2.24, 2.45) is 28.6 Å². The van der Waals surface area contributed by atoms with Gasteiger partial charge in [-0.3, -0.25) is 0 Å². The molecule has 2 heterocycles. The molecule has 7 N–H and O–H groups in total. The molecule has 0 radical (unpaired) electrons. The molecule has 226 valence electrons. The minimum Gasteiger partial charge on any atom is -0.458 e. The van der Waals surface area contributed by atoms with E-state index in [4.69, 9.17) is 14.2 Å². The van der Waals surface area contributed by atoms with Crippen LogP contribution in [0.25, 0.3) is 0 Å². The lowest BCUT2D eigenvalue weighted by Crippen LogP contribution is -2.72. The van der Waals surface area contributed by atoms with Gasteiger partial charge >= 0.3 is 5.97 Å². The predicted molar refractivity (Wildman–Crippen MR) is 137 cm³/mol. The number of fused-ring (bicyclic) bond motifs is 5. The molecular weight excluding hydrogens is 524 g/mol. The van der Waals surface area contributed by atoms with Gasteiger partial charge in [0.25, 0.3) is 0 Å². The Morgan fingerprint density at radius 3 is 2.42 bits per heavy atom. The highest BCUT2D eigenvalue weighted by atomic mass is 16.7. The third kappa shape index (κ3) is 3.85. The molecule has 4 aliphatic carbocycles. The first-order valence-corrected chi connectivity index (χ1v) is 14.8. The van der Waals surface area contributed by atoms with Crippen molar-refractivity contribution in [1.29, 1.82) is 0 Å². The standard InChI is InChI=1S/C29H44O11/c1-14-22(33)23(34)24(35)25(39-14)40-16-3-6-27(13-30)21-18(4-7-28(27,36)10-16)29(37)8-5-17(15-9-20(32)38-12-15)26(29,2)11-19(21)31/h9,14,16-19,21-25,30-31,33-37H,3-8,10-13H2,1-2H3/t14-,16-,17+,18+,19+,21+,22+,23-,24-,25+,26+,27-,28-,29-/m0/s1. The SMILES string of the molecule is C[C@@H]1O[C@H](O[C@H]2CC[C@]3(CO)[C@H]4[C@H](O)C[C@]5(C)[C@@H](C6=CC(=O)OC6)CC[C@]5(O)[C@@H]4CC[C@]3(O)C2)[C@@H](O)[C@@H](O)[C@@H]1O. The summed E-state index contributed by atoms with van der Waals surface area (Å²) in [5.41, 5.74) is -3.43. The van der Waals surface area contributed by atoms with Crippen molar-refractivity contribution in [3.05, 3.63) is 11.6 Å². The van der Waals surface area contributed by atoms with Crippen molar-refractivity contribution in [3.63, 3.8) is 0 Å². The van der Waals surface area contributed by atoms with Gasteiger partial charge in [-0.1, -0.05) is 6.92 Å².